The first-order chi connectivity index (χ1) is 9.54. The summed E-state index contributed by atoms with van der Waals surface area (Å²) < 4.78 is 29.6. The van der Waals surface area contributed by atoms with Crippen LogP contribution in [0.1, 0.15) is 5.82 Å². The van der Waals surface area contributed by atoms with Crippen LogP contribution in [0.3, 0.4) is 0 Å². The number of benzene rings is 1. The Morgan fingerprint density at radius 1 is 1.20 bits per heavy atom. The summed E-state index contributed by atoms with van der Waals surface area (Å²) in [5.41, 5.74) is 6.85. The van der Waals surface area contributed by atoms with Gasteiger partial charge in [-0.2, -0.15) is 4.98 Å². The van der Waals surface area contributed by atoms with Gasteiger partial charge in [-0.05, 0) is 18.2 Å². The number of fused-ring (bicyclic) bond motifs is 1. The van der Waals surface area contributed by atoms with E-state index in [4.69, 9.17) is 10.2 Å². The highest BCUT2D eigenvalue weighted by Gasteiger charge is 2.23. The molecule has 0 aliphatic heterocycles. The number of sulfone groups is 1. The highest BCUT2D eigenvalue weighted by atomic mass is 32.2. The van der Waals surface area contributed by atoms with Crippen LogP contribution in [-0.4, -0.2) is 23.4 Å². The number of nitrogens with zero attached hydrogens (tertiary/aromatic N) is 3. The predicted molar refractivity (Wildman–Crippen MR) is 71.3 cm³/mol. The summed E-state index contributed by atoms with van der Waals surface area (Å²) in [6.45, 7) is 0. The van der Waals surface area contributed by atoms with Crippen LogP contribution in [0.5, 0.6) is 0 Å². The standard InChI is InChI=1S/C12H10N4O3S/c13-8-2-3-9-10(6-8)19-12(16-9)20(17,18)7-11-14-4-1-5-15-11/h1-6H,7,13H2. The van der Waals surface area contributed by atoms with E-state index in [1.54, 1.807) is 18.2 Å². The quantitative estimate of drug-likeness (QED) is 0.720. The Morgan fingerprint density at radius 2 is 1.95 bits per heavy atom. The zero-order valence-electron chi connectivity index (χ0n) is 10.2. The molecule has 0 aliphatic rings. The van der Waals surface area contributed by atoms with E-state index in [1.165, 1.54) is 18.5 Å². The number of hydrogen-bond donors (Lipinski definition) is 1. The Kier molecular flexibility index (Phi) is 2.87. The van der Waals surface area contributed by atoms with Crippen molar-refractivity contribution in [1.82, 2.24) is 15.0 Å². The van der Waals surface area contributed by atoms with Crippen LogP contribution < -0.4 is 5.73 Å². The molecule has 0 saturated carbocycles. The lowest BCUT2D eigenvalue weighted by Crippen LogP contribution is -2.08. The fourth-order valence-electron chi connectivity index (χ4n) is 1.69. The van der Waals surface area contributed by atoms with Gasteiger partial charge in [-0.15, -0.1) is 0 Å². The second-order valence-electron chi connectivity index (χ2n) is 4.13. The van der Waals surface area contributed by atoms with Crippen LogP contribution >= 0.6 is 0 Å². The first-order valence-electron chi connectivity index (χ1n) is 5.69. The van der Waals surface area contributed by atoms with Crippen LogP contribution in [0.2, 0.25) is 0 Å². The van der Waals surface area contributed by atoms with Crippen molar-refractivity contribution in [3.63, 3.8) is 0 Å². The van der Waals surface area contributed by atoms with Gasteiger partial charge in [0.15, 0.2) is 5.58 Å². The minimum atomic E-state index is -3.73. The summed E-state index contributed by atoms with van der Waals surface area (Å²) >= 11 is 0. The van der Waals surface area contributed by atoms with Crippen LogP contribution in [0.4, 0.5) is 5.69 Å². The molecule has 0 atom stereocenters. The molecule has 0 spiro atoms. The van der Waals surface area contributed by atoms with Crippen molar-refractivity contribution in [2.24, 2.45) is 0 Å². The number of nitrogen functional groups attached to an aromatic ring is 1. The fraction of sp³-hybridized carbons (Fsp3) is 0.0833. The van der Waals surface area contributed by atoms with E-state index in [-0.39, 0.29) is 16.8 Å². The zero-order valence-corrected chi connectivity index (χ0v) is 11.0. The third kappa shape index (κ3) is 2.32. The summed E-state index contributed by atoms with van der Waals surface area (Å²) in [6, 6.07) is 6.37. The van der Waals surface area contributed by atoms with Gasteiger partial charge in [0.25, 0.3) is 0 Å². The Bertz CT molecular complexity index is 859. The number of hydrogen-bond acceptors (Lipinski definition) is 7. The molecule has 0 fully saturated rings. The van der Waals surface area contributed by atoms with Crippen molar-refractivity contribution in [2.75, 3.05) is 5.73 Å². The first kappa shape index (κ1) is 12.5. The molecular weight excluding hydrogens is 280 g/mol. The summed E-state index contributed by atoms with van der Waals surface area (Å²) in [7, 11) is -3.73. The largest absolute Gasteiger partial charge is 0.428 e. The number of aromatic nitrogens is 3. The van der Waals surface area contributed by atoms with E-state index < -0.39 is 9.84 Å². The Labute approximate surface area is 114 Å². The average molecular weight is 290 g/mol. The number of oxazole rings is 1. The molecule has 8 heteroatoms. The SMILES string of the molecule is Nc1ccc2nc(S(=O)(=O)Cc3ncccn3)oc2c1. The Morgan fingerprint density at radius 3 is 2.70 bits per heavy atom. The molecule has 0 amide bonds. The lowest BCUT2D eigenvalue weighted by molar-refractivity contribution is 0.457. The van der Waals surface area contributed by atoms with E-state index in [0.717, 1.165) is 0 Å². The van der Waals surface area contributed by atoms with E-state index in [2.05, 4.69) is 15.0 Å². The van der Waals surface area contributed by atoms with Crippen molar-refractivity contribution >= 4 is 26.6 Å². The topological polar surface area (TPSA) is 112 Å². The molecule has 0 radical (unpaired) electrons. The van der Waals surface area contributed by atoms with Gasteiger partial charge in [-0.1, -0.05) is 0 Å². The van der Waals surface area contributed by atoms with Gasteiger partial charge in [-0.3, -0.25) is 0 Å². The molecular formula is C12H10N4O3S. The highest BCUT2D eigenvalue weighted by Crippen LogP contribution is 2.22. The second kappa shape index (κ2) is 4.57. The van der Waals surface area contributed by atoms with E-state index in [0.29, 0.717) is 16.8 Å². The van der Waals surface area contributed by atoms with Gasteiger partial charge in [-0.25, -0.2) is 18.4 Å². The highest BCUT2D eigenvalue weighted by molar-refractivity contribution is 7.90. The molecule has 3 rings (SSSR count). The van der Waals surface area contributed by atoms with Crippen molar-refractivity contribution in [1.29, 1.82) is 0 Å². The van der Waals surface area contributed by atoms with E-state index in [1.807, 2.05) is 0 Å². The lowest BCUT2D eigenvalue weighted by atomic mass is 10.3. The smallest absolute Gasteiger partial charge is 0.316 e. The van der Waals surface area contributed by atoms with Crippen LogP contribution in [0, 0.1) is 0 Å². The molecule has 0 bridgehead atoms. The molecule has 0 unspecified atom stereocenters. The number of anilines is 1. The van der Waals surface area contributed by atoms with Gasteiger partial charge in [0.05, 0.1) is 0 Å². The minimum Gasteiger partial charge on any atom is -0.428 e. The van der Waals surface area contributed by atoms with Gasteiger partial charge in [0, 0.05) is 24.1 Å². The summed E-state index contributed by atoms with van der Waals surface area (Å²) in [5, 5.41) is -0.356. The summed E-state index contributed by atoms with van der Waals surface area (Å²) in [4.78, 5) is 11.7. The van der Waals surface area contributed by atoms with Gasteiger partial charge in [0.1, 0.15) is 17.1 Å². The maximum Gasteiger partial charge on any atom is 0.316 e. The molecule has 2 heterocycles. The molecule has 102 valence electrons. The second-order valence-corrected chi connectivity index (χ2v) is 6.00. The molecule has 1 aromatic carbocycles. The minimum absolute atomic E-state index is 0.189. The zero-order chi connectivity index (χ0) is 14.2. The summed E-state index contributed by atoms with van der Waals surface area (Å²) in [6.07, 6.45) is 2.95. The van der Waals surface area contributed by atoms with Crippen molar-refractivity contribution in [2.45, 2.75) is 11.0 Å². The van der Waals surface area contributed by atoms with Crippen molar-refractivity contribution < 1.29 is 12.8 Å². The van der Waals surface area contributed by atoms with Crippen molar-refractivity contribution in [3.8, 4) is 0 Å². The third-order valence-corrected chi connectivity index (χ3v) is 3.94. The fourth-order valence-corrected chi connectivity index (χ4v) is 2.76. The third-order valence-electron chi connectivity index (χ3n) is 2.60. The van der Waals surface area contributed by atoms with Crippen LogP contribution in [-0.2, 0) is 15.6 Å². The molecule has 2 aromatic heterocycles. The Hall–Kier alpha value is -2.48. The number of nitrogens with two attached hydrogens (primary N) is 1. The van der Waals surface area contributed by atoms with Gasteiger partial charge in [0.2, 0.25) is 9.84 Å². The maximum atomic E-state index is 12.2. The molecule has 0 saturated heterocycles. The first-order valence-corrected chi connectivity index (χ1v) is 7.34. The Balaban J connectivity index is 2.01. The van der Waals surface area contributed by atoms with Crippen LogP contribution in [0.15, 0.2) is 46.3 Å². The molecule has 7 nitrogen and oxygen atoms in total. The average Bonchev–Trinajstić information content (AvgIpc) is 2.83. The predicted octanol–water partition coefficient (Wildman–Crippen LogP) is 1.17. The monoisotopic (exact) mass is 290 g/mol. The van der Waals surface area contributed by atoms with Gasteiger partial charge >= 0.3 is 5.22 Å². The summed E-state index contributed by atoms with van der Waals surface area (Å²) in [5.74, 6) is -0.176. The van der Waals surface area contributed by atoms with Gasteiger partial charge < -0.3 is 10.2 Å². The molecule has 2 N–H and O–H groups in total. The molecule has 3 aromatic rings. The normalized spacial score (nSPS) is 11.8. The van der Waals surface area contributed by atoms with Crippen LogP contribution in [0.25, 0.3) is 11.1 Å². The lowest BCUT2D eigenvalue weighted by Gasteiger charge is -1.97. The molecule has 0 aliphatic carbocycles. The maximum absolute atomic E-state index is 12.2. The molecule has 20 heavy (non-hydrogen) atoms. The number of rotatable bonds is 3. The van der Waals surface area contributed by atoms with Crippen molar-refractivity contribution in [3.05, 3.63) is 42.5 Å². The van der Waals surface area contributed by atoms with E-state index >= 15 is 0 Å². The van der Waals surface area contributed by atoms with E-state index in [9.17, 15) is 8.42 Å².